The van der Waals surface area contributed by atoms with Crippen molar-refractivity contribution >= 4 is 15.9 Å². The van der Waals surface area contributed by atoms with Crippen molar-refractivity contribution in [2.24, 2.45) is 0 Å². The van der Waals surface area contributed by atoms with Crippen LogP contribution in [0.5, 0.6) is 0 Å². The van der Waals surface area contributed by atoms with Crippen LogP contribution in [0.1, 0.15) is 25.7 Å². The van der Waals surface area contributed by atoms with E-state index in [2.05, 4.69) is 33.2 Å². The van der Waals surface area contributed by atoms with E-state index in [0.29, 0.717) is 6.10 Å². The molecule has 1 N–H and O–H groups in total. The minimum absolute atomic E-state index is 0.390. The van der Waals surface area contributed by atoms with Gasteiger partial charge in [0, 0.05) is 25.0 Å². The molecule has 1 unspecified atom stereocenters. The van der Waals surface area contributed by atoms with Crippen LogP contribution in [0.15, 0.2) is 0 Å². The number of ether oxygens (including phenoxy) is 1. The molecular formula is C12H25BrN2O. The van der Waals surface area contributed by atoms with Gasteiger partial charge in [0.05, 0.1) is 12.7 Å². The SMILES string of the molecule is CN1CCOC(CNCCCCCCBr)C1. The van der Waals surface area contributed by atoms with E-state index in [1.165, 1.54) is 25.7 Å². The van der Waals surface area contributed by atoms with Crippen molar-refractivity contribution in [1.82, 2.24) is 10.2 Å². The lowest BCUT2D eigenvalue weighted by atomic mass is 10.2. The van der Waals surface area contributed by atoms with Gasteiger partial charge in [-0.1, -0.05) is 28.8 Å². The molecule has 0 aromatic heterocycles. The summed E-state index contributed by atoms with van der Waals surface area (Å²) in [6, 6.07) is 0. The molecule has 1 aliphatic heterocycles. The largest absolute Gasteiger partial charge is 0.374 e. The van der Waals surface area contributed by atoms with Gasteiger partial charge in [-0.05, 0) is 26.4 Å². The number of unbranched alkanes of at least 4 members (excludes halogenated alkanes) is 3. The molecule has 16 heavy (non-hydrogen) atoms. The highest BCUT2D eigenvalue weighted by Crippen LogP contribution is 2.03. The molecule has 1 saturated heterocycles. The minimum Gasteiger partial charge on any atom is -0.374 e. The lowest BCUT2D eigenvalue weighted by molar-refractivity contribution is -0.0180. The highest BCUT2D eigenvalue weighted by Gasteiger charge is 2.16. The molecule has 0 amide bonds. The van der Waals surface area contributed by atoms with Crippen LogP contribution >= 0.6 is 15.9 Å². The van der Waals surface area contributed by atoms with Crippen LogP contribution in [0.25, 0.3) is 0 Å². The van der Waals surface area contributed by atoms with Crippen LogP contribution in [0.3, 0.4) is 0 Å². The summed E-state index contributed by atoms with van der Waals surface area (Å²) in [6.45, 7) is 5.16. The van der Waals surface area contributed by atoms with Crippen LogP contribution in [0.4, 0.5) is 0 Å². The van der Waals surface area contributed by atoms with Crippen molar-refractivity contribution in [2.45, 2.75) is 31.8 Å². The average molecular weight is 293 g/mol. The molecular weight excluding hydrogens is 268 g/mol. The fourth-order valence-corrected chi connectivity index (χ4v) is 2.35. The Morgan fingerprint density at radius 1 is 1.31 bits per heavy atom. The van der Waals surface area contributed by atoms with Gasteiger partial charge < -0.3 is 15.0 Å². The Kier molecular flexibility index (Phi) is 8.47. The molecule has 1 fully saturated rings. The molecule has 96 valence electrons. The van der Waals surface area contributed by atoms with Gasteiger partial charge in [-0.3, -0.25) is 0 Å². The second-order valence-electron chi connectivity index (χ2n) is 4.56. The first-order valence-corrected chi connectivity index (χ1v) is 7.52. The second kappa shape index (κ2) is 9.40. The Morgan fingerprint density at radius 3 is 2.88 bits per heavy atom. The molecule has 0 aromatic carbocycles. The molecule has 1 atom stereocenters. The normalized spacial score (nSPS) is 22.5. The molecule has 0 aliphatic carbocycles. The minimum atomic E-state index is 0.390. The number of alkyl halides is 1. The van der Waals surface area contributed by atoms with Crippen molar-refractivity contribution in [3.63, 3.8) is 0 Å². The number of nitrogens with one attached hydrogen (secondary N) is 1. The van der Waals surface area contributed by atoms with Crippen molar-refractivity contribution < 1.29 is 4.74 Å². The van der Waals surface area contributed by atoms with Crippen LogP contribution in [-0.4, -0.2) is 56.2 Å². The Bertz CT molecular complexity index is 169. The van der Waals surface area contributed by atoms with E-state index in [0.717, 1.165) is 38.1 Å². The van der Waals surface area contributed by atoms with Crippen LogP contribution in [0, 0.1) is 0 Å². The van der Waals surface area contributed by atoms with E-state index >= 15 is 0 Å². The lowest BCUT2D eigenvalue weighted by Crippen LogP contribution is -2.44. The van der Waals surface area contributed by atoms with Gasteiger partial charge in [0.1, 0.15) is 0 Å². The molecule has 0 spiro atoms. The third-order valence-electron chi connectivity index (χ3n) is 2.95. The molecule has 0 radical (unpaired) electrons. The molecule has 1 rings (SSSR count). The van der Waals surface area contributed by atoms with Gasteiger partial charge in [-0.25, -0.2) is 0 Å². The first-order chi connectivity index (χ1) is 7.83. The predicted octanol–water partition coefficient (Wildman–Crippen LogP) is 1.86. The van der Waals surface area contributed by atoms with Gasteiger partial charge in [-0.2, -0.15) is 0 Å². The number of rotatable bonds is 8. The van der Waals surface area contributed by atoms with Crippen molar-refractivity contribution in [3.8, 4) is 0 Å². The van der Waals surface area contributed by atoms with E-state index in [9.17, 15) is 0 Å². The zero-order valence-electron chi connectivity index (χ0n) is 10.4. The van der Waals surface area contributed by atoms with E-state index in [4.69, 9.17) is 4.74 Å². The first kappa shape index (κ1) is 14.4. The molecule has 3 nitrogen and oxygen atoms in total. The monoisotopic (exact) mass is 292 g/mol. The summed E-state index contributed by atoms with van der Waals surface area (Å²) in [7, 11) is 2.16. The van der Waals surface area contributed by atoms with Crippen LogP contribution in [-0.2, 0) is 4.74 Å². The Labute approximate surface area is 108 Å². The topological polar surface area (TPSA) is 24.5 Å². The predicted molar refractivity (Wildman–Crippen MR) is 72.4 cm³/mol. The zero-order chi connectivity index (χ0) is 11.6. The Morgan fingerprint density at radius 2 is 2.12 bits per heavy atom. The second-order valence-corrected chi connectivity index (χ2v) is 5.36. The maximum absolute atomic E-state index is 5.68. The van der Waals surface area contributed by atoms with Gasteiger partial charge in [0.25, 0.3) is 0 Å². The standard InChI is InChI=1S/C12H25BrN2O/c1-15-8-9-16-12(11-15)10-14-7-5-3-2-4-6-13/h12,14H,2-11H2,1H3. The van der Waals surface area contributed by atoms with Gasteiger partial charge >= 0.3 is 0 Å². The summed E-state index contributed by atoms with van der Waals surface area (Å²) in [4.78, 5) is 2.34. The smallest absolute Gasteiger partial charge is 0.0826 e. The van der Waals surface area contributed by atoms with Gasteiger partial charge in [0.15, 0.2) is 0 Å². The summed E-state index contributed by atoms with van der Waals surface area (Å²) in [6.07, 6.45) is 5.66. The maximum Gasteiger partial charge on any atom is 0.0826 e. The van der Waals surface area contributed by atoms with Gasteiger partial charge in [0.2, 0.25) is 0 Å². The van der Waals surface area contributed by atoms with Crippen LogP contribution < -0.4 is 5.32 Å². The fraction of sp³-hybridized carbons (Fsp3) is 1.00. The summed E-state index contributed by atoms with van der Waals surface area (Å²) >= 11 is 3.45. The summed E-state index contributed by atoms with van der Waals surface area (Å²) < 4.78 is 5.68. The third-order valence-corrected chi connectivity index (χ3v) is 3.51. The number of halogens is 1. The number of hydrogen-bond donors (Lipinski definition) is 1. The Hall–Kier alpha value is 0.360. The molecule has 1 heterocycles. The number of likely N-dealkylation sites (N-methyl/N-ethyl adjacent to an activating group) is 1. The Balaban J connectivity index is 1.86. The fourth-order valence-electron chi connectivity index (χ4n) is 1.95. The van der Waals surface area contributed by atoms with Crippen molar-refractivity contribution in [1.29, 1.82) is 0 Å². The highest BCUT2D eigenvalue weighted by molar-refractivity contribution is 9.09. The molecule has 0 bridgehead atoms. The summed E-state index contributed by atoms with van der Waals surface area (Å²) in [5, 5.41) is 4.63. The average Bonchev–Trinajstić information content (AvgIpc) is 2.28. The van der Waals surface area contributed by atoms with Crippen molar-refractivity contribution in [3.05, 3.63) is 0 Å². The van der Waals surface area contributed by atoms with Crippen molar-refractivity contribution in [2.75, 3.05) is 45.2 Å². The van der Waals surface area contributed by atoms with Gasteiger partial charge in [-0.15, -0.1) is 0 Å². The zero-order valence-corrected chi connectivity index (χ0v) is 12.0. The molecule has 1 aliphatic rings. The van der Waals surface area contributed by atoms with E-state index < -0.39 is 0 Å². The molecule has 0 aromatic rings. The van der Waals surface area contributed by atoms with Crippen LogP contribution in [0.2, 0.25) is 0 Å². The number of hydrogen-bond acceptors (Lipinski definition) is 3. The maximum atomic E-state index is 5.68. The quantitative estimate of drug-likeness (QED) is 0.546. The molecule has 0 saturated carbocycles. The number of nitrogens with zero attached hydrogens (tertiary/aromatic N) is 1. The van der Waals surface area contributed by atoms with E-state index in [1.807, 2.05) is 0 Å². The van der Waals surface area contributed by atoms with E-state index in [-0.39, 0.29) is 0 Å². The highest BCUT2D eigenvalue weighted by atomic mass is 79.9. The molecule has 4 heteroatoms. The number of morpholine rings is 1. The van der Waals surface area contributed by atoms with E-state index in [1.54, 1.807) is 0 Å². The lowest BCUT2D eigenvalue weighted by Gasteiger charge is -2.30. The summed E-state index contributed by atoms with van der Waals surface area (Å²) in [5.74, 6) is 0. The summed E-state index contributed by atoms with van der Waals surface area (Å²) in [5.41, 5.74) is 0. The third kappa shape index (κ3) is 6.84. The first-order valence-electron chi connectivity index (χ1n) is 6.39.